The third-order valence-electron chi connectivity index (χ3n) is 9.81. The van der Waals surface area contributed by atoms with Gasteiger partial charge in [-0.3, -0.25) is 24.1 Å². The lowest BCUT2D eigenvalue weighted by molar-refractivity contribution is -0.125. The number of hydrogen-bond acceptors (Lipinski definition) is 6. The van der Waals surface area contributed by atoms with Gasteiger partial charge in [-0.25, -0.2) is 9.29 Å². The van der Waals surface area contributed by atoms with Gasteiger partial charge in [0, 0.05) is 17.5 Å². The number of amides is 4. The highest BCUT2D eigenvalue weighted by molar-refractivity contribution is 6.58. The molecule has 2 heterocycles. The Bertz CT molecular complexity index is 1880. The molecule has 0 aromatic heterocycles. The number of aromatic hydroxyl groups is 1. The van der Waals surface area contributed by atoms with Gasteiger partial charge in [0.1, 0.15) is 17.3 Å². The van der Waals surface area contributed by atoms with Gasteiger partial charge in [0.2, 0.25) is 11.8 Å². The highest BCUT2D eigenvalue weighted by Gasteiger charge is 2.77. The topological polar surface area (TPSA) is 104 Å². The molecule has 46 heavy (non-hydrogen) atoms. The van der Waals surface area contributed by atoms with E-state index >= 15 is 0 Å². The molecular formula is C35H27Cl2FN2O6. The first-order chi connectivity index (χ1) is 22.0. The third kappa shape index (κ3) is 3.97. The molecule has 0 spiro atoms. The van der Waals surface area contributed by atoms with Crippen molar-refractivity contribution in [3.63, 3.8) is 0 Å². The second-order valence-corrected chi connectivity index (χ2v) is 13.2. The van der Waals surface area contributed by atoms with Gasteiger partial charge in [0.25, 0.3) is 11.8 Å². The van der Waals surface area contributed by atoms with E-state index in [9.17, 15) is 28.7 Å². The van der Waals surface area contributed by atoms with E-state index < -0.39 is 57.0 Å². The van der Waals surface area contributed by atoms with E-state index in [0.717, 1.165) is 22.6 Å². The van der Waals surface area contributed by atoms with Gasteiger partial charge >= 0.3 is 0 Å². The van der Waals surface area contributed by atoms with Crippen LogP contribution in [0.4, 0.5) is 15.8 Å². The van der Waals surface area contributed by atoms with Gasteiger partial charge in [-0.2, -0.15) is 0 Å². The van der Waals surface area contributed by atoms with Crippen LogP contribution in [0.25, 0.3) is 6.08 Å². The van der Waals surface area contributed by atoms with E-state index in [4.69, 9.17) is 27.9 Å². The minimum Gasteiger partial charge on any atom is -0.508 e. The van der Waals surface area contributed by atoms with Crippen molar-refractivity contribution in [2.45, 2.75) is 28.5 Å². The van der Waals surface area contributed by atoms with Crippen molar-refractivity contribution in [2.24, 2.45) is 17.8 Å². The Labute approximate surface area is 273 Å². The molecule has 4 aliphatic rings. The van der Waals surface area contributed by atoms with Gasteiger partial charge in [-0.05, 0) is 66.8 Å². The molecule has 6 unspecified atom stereocenters. The summed E-state index contributed by atoms with van der Waals surface area (Å²) in [4.78, 5) is 54.7. The van der Waals surface area contributed by atoms with Crippen molar-refractivity contribution >= 4 is 64.3 Å². The largest absolute Gasteiger partial charge is 0.508 e. The van der Waals surface area contributed by atoms with E-state index in [1.807, 2.05) is 6.08 Å². The van der Waals surface area contributed by atoms with Gasteiger partial charge in [0.05, 0.1) is 30.3 Å². The van der Waals surface area contributed by atoms with Crippen LogP contribution < -0.4 is 14.5 Å². The molecule has 1 saturated carbocycles. The molecule has 0 bridgehead atoms. The maximum absolute atomic E-state index is 14.5. The summed E-state index contributed by atoms with van der Waals surface area (Å²) in [6.45, 7) is 3.75. The first kappa shape index (κ1) is 30.2. The molecule has 234 valence electrons. The number of rotatable bonds is 5. The summed E-state index contributed by atoms with van der Waals surface area (Å²) in [6, 6.07) is 16.0. The minimum atomic E-state index is -2.12. The molecule has 3 aromatic carbocycles. The normalized spacial score (nSPS) is 30.1. The molecule has 8 nitrogen and oxygen atoms in total. The molecular weight excluding hydrogens is 634 g/mol. The van der Waals surface area contributed by atoms with Crippen LogP contribution in [0.3, 0.4) is 0 Å². The molecule has 2 aliphatic heterocycles. The van der Waals surface area contributed by atoms with Crippen molar-refractivity contribution in [2.75, 3.05) is 16.9 Å². The first-order valence-electron chi connectivity index (χ1n) is 14.7. The number of phenols is 1. The Morgan fingerprint density at radius 1 is 0.913 bits per heavy atom. The predicted molar refractivity (Wildman–Crippen MR) is 170 cm³/mol. The lowest BCUT2D eigenvalue weighted by Gasteiger charge is -2.50. The smallest absolute Gasteiger partial charge is 0.258 e. The van der Waals surface area contributed by atoms with Crippen molar-refractivity contribution in [1.29, 1.82) is 0 Å². The second-order valence-electron chi connectivity index (χ2n) is 12.0. The van der Waals surface area contributed by atoms with Crippen molar-refractivity contribution in [3.8, 4) is 11.5 Å². The number of ether oxygens (including phenoxy) is 1. The summed E-state index contributed by atoms with van der Waals surface area (Å²) in [7, 11) is 1.39. The number of phenolic OH excluding ortho intramolecular Hbond substituents is 1. The molecule has 0 radical (unpaired) electrons. The van der Waals surface area contributed by atoms with E-state index in [1.54, 1.807) is 36.4 Å². The molecule has 7 rings (SSSR count). The van der Waals surface area contributed by atoms with Crippen LogP contribution in [0.1, 0.15) is 29.9 Å². The molecule has 2 saturated heterocycles. The summed E-state index contributed by atoms with van der Waals surface area (Å²) in [5.41, 5.74) is 2.25. The Kier molecular flexibility index (Phi) is 6.92. The van der Waals surface area contributed by atoms with Crippen molar-refractivity contribution in [3.05, 3.63) is 102 Å². The van der Waals surface area contributed by atoms with Crippen LogP contribution in [-0.4, -0.2) is 45.6 Å². The van der Waals surface area contributed by atoms with Crippen LogP contribution in [0, 0.1) is 23.6 Å². The van der Waals surface area contributed by atoms with E-state index in [2.05, 4.69) is 6.58 Å². The van der Waals surface area contributed by atoms with Gasteiger partial charge in [0.15, 0.2) is 9.75 Å². The average molecular weight is 662 g/mol. The molecule has 2 aliphatic carbocycles. The molecule has 11 heteroatoms. The molecule has 3 fully saturated rings. The van der Waals surface area contributed by atoms with E-state index in [-0.39, 0.29) is 35.9 Å². The molecule has 6 atom stereocenters. The van der Waals surface area contributed by atoms with Gasteiger partial charge in [-0.1, -0.05) is 42.5 Å². The maximum atomic E-state index is 14.5. The zero-order valence-electron chi connectivity index (χ0n) is 24.5. The second kappa shape index (κ2) is 10.5. The number of nitrogens with zero attached hydrogens (tertiary/aromatic N) is 2. The number of carbonyl (C=O) groups excluding carboxylic acids is 4. The third-order valence-corrected chi connectivity index (χ3v) is 11.2. The lowest BCUT2D eigenvalue weighted by atomic mass is 9.56. The Hall–Kier alpha value is -4.47. The summed E-state index contributed by atoms with van der Waals surface area (Å²) < 4.78 is 19.5. The Morgan fingerprint density at radius 2 is 1.57 bits per heavy atom. The number of imide groups is 2. The van der Waals surface area contributed by atoms with Crippen molar-refractivity contribution in [1.82, 2.24) is 0 Å². The average Bonchev–Trinajstić information content (AvgIpc) is 3.39. The predicted octanol–water partition coefficient (Wildman–Crippen LogP) is 5.95. The SMILES string of the molecule is C=Cc1ccc(N2C(=O)C3CC=C4C(CC5(Cl)C(=O)N(c6ccc(F)cc6)C(=O)C5(Cl)C4c4ccc(O)cc4OC)C3C2=O)cc1. The first-order valence-corrected chi connectivity index (χ1v) is 15.4. The summed E-state index contributed by atoms with van der Waals surface area (Å²) in [5.74, 6) is -6.43. The maximum Gasteiger partial charge on any atom is 0.258 e. The van der Waals surface area contributed by atoms with Crippen molar-refractivity contribution < 1.29 is 33.4 Å². The summed E-state index contributed by atoms with van der Waals surface area (Å²) >= 11 is 14.8. The highest BCUT2D eigenvalue weighted by Crippen LogP contribution is 2.66. The zero-order chi connectivity index (χ0) is 32.7. The number of alkyl halides is 2. The molecule has 1 N–H and O–H groups in total. The van der Waals surface area contributed by atoms with Gasteiger partial charge < -0.3 is 9.84 Å². The Balaban J connectivity index is 1.40. The molecule has 4 amide bonds. The minimum absolute atomic E-state index is 0.0818. The number of hydrogen-bond donors (Lipinski definition) is 1. The van der Waals surface area contributed by atoms with Crippen LogP contribution in [0.15, 0.2) is 85.0 Å². The summed E-state index contributed by atoms with van der Waals surface area (Å²) in [5, 5.41) is 10.3. The number of methoxy groups -OCH3 is 1. The van der Waals surface area contributed by atoms with Crippen LogP contribution in [0.2, 0.25) is 0 Å². The van der Waals surface area contributed by atoms with E-state index in [0.29, 0.717) is 16.8 Å². The fraction of sp³-hybridized carbons (Fsp3) is 0.257. The fourth-order valence-corrected chi connectivity index (χ4v) is 8.62. The van der Waals surface area contributed by atoms with Crippen LogP contribution >= 0.6 is 23.2 Å². The number of halogens is 3. The number of benzene rings is 3. The van der Waals surface area contributed by atoms with Gasteiger partial charge in [-0.15, -0.1) is 23.2 Å². The fourth-order valence-electron chi connectivity index (χ4n) is 7.70. The quantitative estimate of drug-likeness (QED) is 0.206. The highest BCUT2D eigenvalue weighted by atomic mass is 35.5. The van der Waals surface area contributed by atoms with Crippen LogP contribution in [0.5, 0.6) is 11.5 Å². The number of anilines is 2. The Morgan fingerprint density at radius 3 is 2.22 bits per heavy atom. The monoisotopic (exact) mass is 660 g/mol. The standard InChI is InChI=1S/C35H27Cl2FN2O6/c1-3-18-4-8-20(9-5-18)39-30(42)25-15-14-23-26(28(25)31(39)43)17-34(36)32(44)40(21-10-6-19(38)7-11-21)33(45)35(34,37)29(23)24-13-12-22(41)16-27(24)46-2/h3-14,16,25-26,28-29,41H,1,15,17H2,2H3. The van der Waals surface area contributed by atoms with Crippen LogP contribution in [-0.2, 0) is 19.2 Å². The number of fused-ring (bicyclic) bond motifs is 4. The lowest BCUT2D eigenvalue weighted by Crippen LogP contribution is -2.60. The van der Waals surface area contributed by atoms with E-state index in [1.165, 1.54) is 36.3 Å². The number of carbonyl (C=O) groups is 4. The zero-order valence-corrected chi connectivity index (χ0v) is 26.0. The molecule has 3 aromatic rings. The summed E-state index contributed by atoms with van der Waals surface area (Å²) in [6.07, 6.45) is 3.44. The number of allylic oxidation sites excluding steroid dienone is 2.